The van der Waals surface area contributed by atoms with Gasteiger partial charge >= 0.3 is 15.6 Å². The van der Waals surface area contributed by atoms with Crippen molar-refractivity contribution in [3.63, 3.8) is 0 Å². The SMILES string of the molecule is CCCN(CCOP(=O)(O)OCCN(CCOP(=O)(O)OCCN(CCOC)C(=O)CCCCCCC(=O)CCCCCOC1OC(CO)C(O)C(O)C1NC(C)=O)C(=O)CCCCCCC(=O)CCCCCOC1OC(CO)C(O)C(O)C1NC(C)=O)C(=O)CCCCCCC(=O)CCCCCOC1OC(CO)C(O)C(O)C1NC(C)=O. The average Bonchev–Trinajstić information content (AvgIpc) is 0.818. The first-order chi connectivity index (χ1) is 56.3. The minimum absolute atomic E-state index is 0.0148. The van der Waals surface area contributed by atoms with Crippen molar-refractivity contribution in [3.8, 4) is 0 Å². The van der Waals surface area contributed by atoms with Gasteiger partial charge in [0.1, 0.15) is 90.4 Å². The molecule has 17 atom stereocenters. The van der Waals surface area contributed by atoms with Gasteiger partial charge in [-0.15, -0.1) is 0 Å². The van der Waals surface area contributed by atoms with E-state index in [2.05, 4.69) is 16.0 Å². The molecule has 686 valence electrons. The third-order valence-corrected chi connectivity index (χ3v) is 22.3. The topological polar surface area (TPSA) is 558 Å². The molecule has 41 heteroatoms. The number of Topliss-reactive ketones (excluding diaryl/α,β-unsaturated/α-hetero) is 3. The number of amides is 6. The number of nitrogens with zero attached hydrogens (tertiary/aromatic N) is 3. The molecule has 0 saturated carbocycles. The normalized spacial score (nSPS) is 24.3. The lowest BCUT2D eigenvalue weighted by molar-refractivity contribution is -0.270. The summed E-state index contributed by atoms with van der Waals surface area (Å²) in [5, 5.41) is 98.3. The second-order valence-electron chi connectivity index (χ2n) is 30.1. The molecule has 3 heterocycles. The second-order valence-corrected chi connectivity index (χ2v) is 33.0. The van der Waals surface area contributed by atoms with E-state index in [1.165, 1.54) is 42.6 Å². The van der Waals surface area contributed by atoms with Crippen LogP contribution in [0.4, 0.5) is 0 Å². The van der Waals surface area contributed by atoms with Crippen molar-refractivity contribution in [2.24, 2.45) is 0 Å². The van der Waals surface area contributed by atoms with Gasteiger partial charge in [0.15, 0.2) is 18.9 Å². The summed E-state index contributed by atoms with van der Waals surface area (Å²) in [6.07, 6.45) is 0.315. The van der Waals surface area contributed by atoms with Crippen LogP contribution in [-0.4, -0.2) is 334 Å². The van der Waals surface area contributed by atoms with Gasteiger partial charge in [0.2, 0.25) is 35.4 Å². The van der Waals surface area contributed by atoms with Gasteiger partial charge in [-0.2, -0.15) is 0 Å². The maximum absolute atomic E-state index is 13.8. The molecule has 0 aromatic carbocycles. The first kappa shape index (κ1) is 108. The standard InChI is InChI=1S/C77H140N6O33P2/c1-6-37-81(63(93)34-22-10-7-16-28-57(90)31-19-13-25-43-107-75-66(78-54(2)87)72(99)69(96)60(51-84)114-75)39-47-110-117(102,103)112-49-41-83(65(95)36-24-12-9-18-30-59(92)33-21-15-27-45-109-77-68(80-56(4)89)74(101)71(98)62(53-86)116-77)42-50-113-118(104,105)111-48-40-82(38-46-106-5)64(94)35-23-11-8-17-29-58(91)32-20-14-26-44-108-76-67(79-55(3)88)73(100)70(97)61(52-85)115-76/h60-62,66-77,84-86,96-101H,6-53H2,1-5H3,(H,78,87)(H,79,88)(H,80,89)(H,102,103)(H,104,105). The van der Waals surface area contributed by atoms with E-state index in [4.69, 9.17) is 51.3 Å². The lowest BCUT2D eigenvalue weighted by Gasteiger charge is -2.42. The quantitative estimate of drug-likeness (QED) is 0.0306. The average molecular weight is 1740 g/mol. The Bertz CT molecular complexity index is 2970. The molecule has 6 amide bonds. The predicted octanol–water partition coefficient (Wildman–Crippen LogP) is 2.09. The minimum atomic E-state index is -4.80. The smallest absolute Gasteiger partial charge is 0.394 e. The molecule has 118 heavy (non-hydrogen) atoms. The van der Waals surface area contributed by atoms with Crippen LogP contribution in [0.1, 0.15) is 227 Å². The lowest BCUT2D eigenvalue weighted by Crippen LogP contribution is -2.64. The molecule has 17 unspecified atom stereocenters. The summed E-state index contributed by atoms with van der Waals surface area (Å²) >= 11 is 0. The molecule has 0 spiro atoms. The van der Waals surface area contributed by atoms with Crippen molar-refractivity contribution < 1.29 is 159 Å². The van der Waals surface area contributed by atoms with Crippen molar-refractivity contribution in [3.05, 3.63) is 0 Å². The molecule has 0 aromatic rings. The second kappa shape index (κ2) is 61.7. The molecule has 0 radical (unpaired) electrons. The van der Waals surface area contributed by atoms with E-state index in [-0.39, 0.29) is 114 Å². The number of carbonyl (C=O) groups excluding carboxylic acids is 9. The third kappa shape index (κ3) is 44.6. The van der Waals surface area contributed by atoms with Crippen LogP contribution < -0.4 is 16.0 Å². The largest absolute Gasteiger partial charge is 0.472 e. The highest BCUT2D eigenvalue weighted by atomic mass is 31.2. The number of phosphoric ester groups is 2. The highest BCUT2D eigenvalue weighted by molar-refractivity contribution is 7.47. The van der Waals surface area contributed by atoms with Crippen LogP contribution in [-0.2, 0) is 104 Å². The van der Waals surface area contributed by atoms with E-state index in [1.807, 2.05) is 6.92 Å². The van der Waals surface area contributed by atoms with Gasteiger partial charge < -0.3 is 120 Å². The maximum atomic E-state index is 13.8. The number of phosphoric acid groups is 2. The summed E-state index contributed by atoms with van der Waals surface area (Å²) in [6.45, 7) is 2.53. The molecule has 3 aliphatic heterocycles. The van der Waals surface area contributed by atoms with Crippen LogP contribution in [0.15, 0.2) is 0 Å². The van der Waals surface area contributed by atoms with Crippen molar-refractivity contribution in [2.75, 3.05) is 119 Å². The molecule has 0 aromatic heterocycles. The number of unbranched alkanes of at least 4 members (excludes halogenated alkanes) is 15. The summed E-state index contributed by atoms with van der Waals surface area (Å²) in [6, 6.07) is -3.16. The van der Waals surface area contributed by atoms with E-state index in [0.717, 1.165) is 0 Å². The Labute approximate surface area is 693 Å². The molecule has 0 aliphatic carbocycles. The Kier molecular flexibility index (Phi) is 56.2. The van der Waals surface area contributed by atoms with Crippen LogP contribution in [0.2, 0.25) is 0 Å². The molecular weight excluding hydrogens is 1600 g/mol. The van der Waals surface area contributed by atoms with E-state index in [0.29, 0.717) is 186 Å². The Morgan fingerprint density at radius 2 is 0.559 bits per heavy atom. The fraction of sp³-hybridized carbons (Fsp3) is 0.883. The van der Waals surface area contributed by atoms with Crippen LogP contribution in [0, 0.1) is 0 Å². The number of hydrogen-bond acceptors (Lipinski definition) is 31. The first-order valence-electron chi connectivity index (χ1n) is 42.0. The number of rotatable bonds is 69. The molecule has 3 aliphatic rings. The Balaban J connectivity index is 1.44. The zero-order chi connectivity index (χ0) is 87.4. The van der Waals surface area contributed by atoms with Crippen LogP contribution >= 0.6 is 15.6 Å². The van der Waals surface area contributed by atoms with Gasteiger partial charge in [-0.25, -0.2) is 9.13 Å². The van der Waals surface area contributed by atoms with Crippen LogP contribution in [0.3, 0.4) is 0 Å². The number of hydrogen-bond donors (Lipinski definition) is 14. The number of aliphatic hydroxyl groups is 9. The zero-order valence-electron chi connectivity index (χ0n) is 69.7. The fourth-order valence-electron chi connectivity index (χ4n) is 13.6. The van der Waals surface area contributed by atoms with E-state index in [9.17, 15) is 108 Å². The number of carbonyl (C=O) groups is 9. The third-order valence-electron chi connectivity index (χ3n) is 20.3. The Hall–Kier alpha value is -4.59. The molecule has 39 nitrogen and oxygen atoms in total. The summed E-state index contributed by atoms with van der Waals surface area (Å²) in [5.74, 6) is -2.07. The minimum Gasteiger partial charge on any atom is -0.394 e. The highest BCUT2D eigenvalue weighted by Crippen LogP contribution is 2.44. The number of ether oxygens (including phenoxy) is 7. The first-order valence-corrected chi connectivity index (χ1v) is 45.0. The number of methoxy groups -OCH3 is 1. The van der Waals surface area contributed by atoms with Gasteiger partial charge in [-0.3, -0.25) is 61.2 Å². The van der Waals surface area contributed by atoms with Crippen LogP contribution in [0.5, 0.6) is 0 Å². The molecule has 0 bridgehead atoms. The molecular formula is C77H140N6O33P2. The fourth-order valence-corrected chi connectivity index (χ4v) is 15.0. The van der Waals surface area contributed by atoms with Gasteiger partial charge in [-0.1, -0.05) is 64.7 Å². The van der Waals surface area contributed by atoms with Crippen molar-refractivity contribution >= 4 is 68.4 Å². The summed E-state index contributed by atoms with van der Waals surface area (Å²) in [7, 11) is -8.12. The number of ketones is 3. The predicted molar refractivity (Wildman–Crippen MR) is 423 cm³/mol. The Morgan fingerprint density at radius 1 is 0.331 bits per heavy atom. The molecule has 3 fully saturated rings. The van der Waals surface area contributed by atoms with Gasteiger partial charge in [0.25, 0.3) is 0 Å². The van der Waals surface area contributed by atoms with Crippen molar-refractivity contribution in [1.29, 1.82) is 0 Å². The molecule has 3 saturated heterocycles. The Morgan fingerprint density at radius 3 is 0.788 bits per heavy atom. The molecule has 14 N–H and O–H groups in total. The van der Waals surface area contributed by atoms with E-state index < -0.39 is 171 Å². The van der Waals surface area contributed by atoms with Crippen molar-refractivity contribution in [1.82, 2.24) is 30.7 Å². The van der Waals surface area contributed by atoms with Gasteiger partial charge in [-0.05, 0) is 83.5 Å². The van der Waals surface area contributed by atoms with E-state index in [1.54, 1.807) is 0 Å². The monoisotopic (exact) mass is 1740 g/mol. The maximum Gasteiger partial charge on any atom is 0.472 e. The summed E-state index contributed by atoms with van der Waals surface area (Å²) in [5.41, 5.74) is 0. The van der Waals surface area contributed by atoms with Crippen LogP contribution in [0.25, 0.3) is 0 Å². The summed E-state index contributed by atoms with van der Waals surface area (Å²) < 4.78 is 86.6. The lowest BCUT2D eigenvalue weighted by atomic mass is 9.97. The number of aliphatic hydroxyl groups excluding tert-OH is 9. The van der Waals surface area contributed by atoms with Crippen molar-refractivity contribution in [2.45, 2.75) is 319 Å². The molecule has 3 rings (SSSR count). The highest BCUT2D eigenvalue weighted by Gasteiger charge is 2.48. The van der Waals surface area contributed by atoms with Gasteiger partial charge in [0, 0.05) is 145 Å². The number of nitrogens with one attached hydrogen (secondary N) is 3. The zero-order valence-corrected chi connectivity index (χ0v) is 71.5. The van der Waals surface area contributed by atoms with E-state index >= 15 is 0 Å². The summed E-state index contributed by atoms with van der Waals surface area (Å²) in [4.78, 5) is 139. The van der Waals surface area contributed by atoms with Gasteiger partial charge in [0.05, 0.1) is 52.9 Å².